The summed E-state index contributed by atoms with van der Waals surface area (Å²) in [7, 11) is 0. The van der Waals surface area contributed by atoms with Crippen LogP contribution in [0.2, 0.25) is 0 Å². The van der Waals surface area contributed by atoms with Crippen molar-refractivity contribution in [3.05, 3.63) is 33.8 Å². The molecular weight excluding hydrogens is 267 g/mol. The Labute approximate surface area is 96.0 Å². The minimum absolute atomic E-state index is 0.0382. The molecule has 0 spiro atoms. The quantitative estimate of drug-likeness (QED) is 0.681. The minimum Gasteiger partial charge on any atom is -0.392 e. The van der Waals surface area contributed by atoms with E-state index in [9.17, 15) is 4.79 Å². The zero-order valence-electron chi connectivity index (χ0n) is 7.63. The van der Waals surface area contributed by atoms with Crippen molar-refractivity contribution in [2.75, 3.05) is 0 Å². The molecule has 1 rings (SSSR count). The normalized spacial score (nSPS) is 12.6. The van der Waals surface area contributed by atoms with Crippen LogP contribution >= 0.6 is 27.5 Å². The average molecular weight is 278 g/mol. The Bertz CT molecular complexity index is 350. The first kappa shape index (κ1) is 11.7. The molecule has 0 aromatic heterocycles. The van der Waals surface area contributed by atoms with Crippen molar-refractivity contribution in [2.24, 2.45) is 0 Å². The minimum atomic E-state index is -0.536. The monoisotopic (exact) mass is 276 g/mol. The van der Waals surface area contributed by atoms with Gasteiger partial charge in [-0.25, -0.2) is 0 Å². The van der Waals surface area contributed by atoms with E-state index < -0.39 is 5.38 Å². The smallest absolute Gasteiger partial charge is 0.181 e. The maximum Gasteiger partial charge on any atom is 0.181 e. The van der Waals surface area contributed by atoms with Gasteiger partial charge in [0.1, 0.15) is 0 Å². The molecule has 1 aromatic carbocycles. The van der Waals surface area contributed by atoms with Crippen LogP contribution in [0.3, 0.4) is 0 Å². The fraction of sp³-hybridized carbons (Fsp3) is 0.300. The van der Waals surface area contributed by atoms with E-state index >= 15 is 0 Å². The van der Waals surface area contributed by atoms with Gasteiger partial charge >= 0.3 is 0 Å². The molecule has 0 radical (unpaired) electrons. The third kappa shape index (κ3) is 2.56. The standard InChI is InChI=1S/C10H10BrClO2/c1-6(12)10(14)8-3-2-7(5-13)4-9(8)11/h2-4,6,13H,5H2,1H3. The lowest BCUT2D eigenvalue weighted by molar-refractivity contribution is 0.0991. The largest absolute Gasteiger partial charge is 0.392 e. The van der Waals surface area contributed by atoms with Crippen molar-refractivity contribution in [1.82, 2.24) is 0 Å². The molecule has 0 saturated heterocycles. The van der Waals surface area contributed by atoms with Gasteiger partial charge in [0.15, 0.2) is 5.78 Å². The molecule has 0 aliphatic carbocycles. The molecule has 0 aliphatic heterocycles. The Morgan fingerprint density at radius 3 is 2.71 bits per heavy atom. The molecule has 76 valence electrons. The maximum atomic E-state index is 11.5. The van der Waals surface area contributed by atoms with E-state index in [1.165, 1.54) is 0 Å². The Balaban J connectivity index is 3.06. The van der Waals surface area contributed by atoms with Gasteiger partial charge in [-0.05, 0) is 24.6 Å². The number of aliphatic hydroxyl groups is 1. The molecule has 0 aliphatic rings. The summed E-state index contributed by atoms with van der Waals surface area (Å²) in [4.78, 5) is 11.5. The maximum absolute atomic E-state index is 11.5. The van der Waals surface area contributed by atoms with Crippen LogP contribution in [-0.4, -0.2) is 16.3 Å². The van der Waals surface area contributed by atoms with Crippen molar-refractivity contribution < 1.29 is 9.90 Å². The lowest BCUT2D eigenvalue weighted by atomic mass is 10.1. The third-order valence-electron chi connectivity index (χ3n) is 1.84. The first-order chi connectivity index (χ1) is 6.56. The average Bonchev–Trinajstić information content (AvgIpc) is 2.16. The van der Waals surface area contributed by atoms with E-state index in [4.69, 9.17) is 16.7 Å². The lowest BCUT2D eigenvalue weighted by Crippen LogP contribution is -2.11. The number of carbonyl (C=O) groups excluding carboxylic acids is 1. The molecule has 1 atom stereocenters. The van der Waals surface area contributed by atoms with E-state index in [1.807, 2.05) is 0 Å². The second-order valence-electron chi connectivity index (χ2n) is 2.95. The van der Waals surface area contributed by atoms with Gasteiger partial charge in [-0.15, -0.1) is 11.6 Å². The number of rotatable bonds is 3. The molecule has 0 saturated carbocycles. The molecule has 0 amide bonds. The highest BCUT2D eigenvalue weighted by Crippen LogP contribution is 2.21. The molecule has 4 heteroatoms. The summed E-state index contributed by atoms with van der Waals surface area (Å²) in [5.74, 6) is -0.122. The zero-order chi connectivity index (χ0) is 10.7. The predicted octanol–water partition coefficient (Wildman–Crippen LogP) is 2.75. The summed E-state index contributed by atoms with van der Waals surface area (Å²) in [6, 6.07) is 5.08. The van der Waals surface area contributed by atoms with Crippen LogP contribution in [-0.2, 0) is 6.61 Å². The number of hydrogen-bond donors (Lipinski definition) is 1. The van der Waals surface area contributed by atoms with Gasteiger partial charge in [-0.2, -0.15) is 0 Å². The fourth-order valence-electron chi connectivity index (χ4n) is 1.07. The molecule has 0 heterocycles. The number of aliphatic hydroxyl groups excluding tert-OH is 1. The second-order valence-corrected chi connectivity index (χ2v) is 4.46. The molecular formula is C10H10BrClO2. The van der Waals surface area contributed by atoms with E-state index in [-0.39, 0.29) is 12.4 Å². The van der Waals surface area contributed by atoms with Crippen LogP contribution in [0.4, 0.5) is 0 Å². The highest BCUT2D eigenvalue weighted by Gasteiger charge is 2.15. The third-order valence-corrected chi connectivity index (χ3v) is 2.70. The summed E-state index contributed by atoms with van der Waals surface area (Å²) < 4.78 is 0.668. The number of Topliss-reactive ketones (excluding diaryl/α,β-unsaturated/α-hetero) is 1. The second kappa shape index (κ2) is 4.91. The number of ketones is 1. The van der Waals surface area contributed by atoms with Crippen molar-refractivity contribution in [3.8, 4) is 0 Å². The fourth-order valence-corrected chi connectivity index (χ4v) is 1.81. The number of halogens is 2. The van der Waals surface area contributed by atoms with Crippen LogP contribution in [0.5, 0.6) is 0 Å². The summed E-state index contributed by atoms with van der Waals surface area (Å²) in [6.07, 6.45) is 0. The van der Waals surface area contributed by atoms with Gasteiger partial charge in [0.25, 0.3) is 0 Å². The van der Waals surface area contributed by atoms with Crippen molar-refractivity contribution in [1.29, 1.82) is 0 Å². The molecule has 0 fully saturated rings. The number of benzene rings is 1. The topological polar surface area (TPSA) is 37.3 Å². The predicted molar refractivity (Wildman–Crippen MR) is 59.7 cm³/mol. The highest BCUT2D eigenvalue weighted by molar-refractivity contribution is 9.10. The van der Waals surface area contributed by atoms with Gasteiger partial charge in [0.05, 0.1) is 12.0 Å². The van der Waals surface area contributed by atoms with Crippen LogP contribution < -0.4 is 0 Å². The van der Waals surface area contributed by atoms with Gasteiger partial charge in [0.2, 0.25) is 0 Å². The van der Waals surface area contributed by atoms with E-state index in [1.54, 1.807) is 25.1 Å². The number of hydrogen-bond acceptors (Lipinski definition) is 2. The first-order valence-corrected chi connectivity index (χ1v) is 5.36. The first-order valence-electron chi connectivity index (χ1n) is 4.14. The van der Waals surface area contributed by atoms with Gasteiger partial charge in [-0.3, -0.25) is 4.79 Å². The van der Waals surface area contributed by atoms with Crippen molar-refractivity contribution in [2.45, 2.75) is 18.9 Å². The molecule has 1 aromatic rings. The van der Waals surface area contributed by atoms with Crippen LogP contribution in [0.25, 0.3) is 0 Å². The molecule has 14 heavy (non-hydrogen) atoms. The van der Waals surface area contributed by atoms with Gasteiger partial charge < -0.3 is 5.11 Å². The Kier molecular flexibility index (Phi) is 4.11. The van der Waals surface area contributed by atoms with Crippen LogP contribution in [0.1, 0.15) is 22.8 Å². The van der Waals surface area contributed by atoms with E-state index in [0.29, 0.717) is 10.0 Å². The van der Waals surface area contributed by atoms with E-state index in [0.717, 1.165) is 5.56 Å². The van der Waals surface area contributed by atoms with Crippen LogP contribution in [0, 0.1) is 0 Å². The highest BCUT2D eigenvalue weighted by atomic mass is 79.9. The number of carbonyl (C=O) groups is 1. The molecule has 1 unspecified atom stereocenters. The molecule has 1 N–H and O–H groups in total. The SMILES string of the molecule is CC(Cl)C(=O)c1ccc(CO)cc1Br. The van der Waals surface area contributed by atoms with Crippen molar-refractivity contribution in [3.63, 3.8) is 0 Å². The summed E-state index contributed by atoms with van der Waals surface area (Å²) in [5.41, 5.74) is 1.31. The number of alkyl halides is 1. The van der Waals surface area contributed by atoms with Crippen LogP contribution in [0.15, 0.2) is 22.7 Å². The van der Waals surface area contributed by atoms with Gasteiger partial charge in [0, 0.05) is 10.0 Å². The van der Waals surface area contributed by atoms with Gasteiger partial charge in [-0.1, -0.05) is 22.0 Å². The van der Waals surface area contributed by atoms with Crippen molar-refractivity contribution >= 4 is 33.3 Å². The molecule has 0 bridgehead atoms. The molecule has 2 nitrogen and oxygen atoms in total. The summed E-state index contributed by atoms with van der Waals surface area (Å²) >= 11 is 8.95. The Morgan fingerprint density at radius 1 is 1.64 bits per heavy atom. The Morgan fingerprint density at radius 2 is 2.29 bits per heavy atom. The lowest BCUT2D eigenvalue weighted by Gasteiger charge is -2.06. The Hall–Kier alpha value is -0.380. The summed E-state index contributed by atoms with van der Waals surface area (Å²) in [5, 5.41) is 8.33. The summed E-state index contributed by atoms with van der Waals surface area (Å²) in [6.45, 7) is 1.60. The zero-order valence-corrected chi connectivity index (χ0v) is 9.97. The van der Waals surface area contributed by atoms with E-state index in [2.05, 4.69) is 15.9 Å².